The Balaban J connectivity index is 1.76. The van der Waals surface area contributed by atoms with E-state index in [0.29, 0.717) is 24.9 Å². The Morgan fingerprint density at radius 3 is 2.30 bits per heavy atom. The van der Waals surface area contributed by atoms with Crippen LogP contribution < -0.4 is 5.32 Å². The van der Waals surface area contributed by atoms with E-state index in [2.05, 4.69) is 10.5 Å². The molecule has 172 valence electrons. The molecule has 0 fully saturated rings. The van der Waals surface area contributed by atoms with Crippen LogP contribution in [0.2, 0.25) is 0 Å². The maximum absolute atomic E-state index is 12.9. The molecule has 1 N–H and O–H groups in total. The Kier molecular flexibility index (Phi) is 7.42. The summed E-state index contributed by atoms with van der Waals surface area (Å²) in [5.74, 6) is 0.896. The van der Waals surface area contributed by atoms with Crippen molar-refractivity contribution in [3.63, 3.8) is 0 Å². The maximum Gasteiger partial charge on any atom is 0.322 e. The Hall–Kier alpha value is -2.75. The lowest BCUT2D eigenvalue weighted by Gasteiger charge is -2.35. The van der Waals surface area contributed by atoms with E-state index < -0.39 is 6.04 Å². The molecule has 0 saturated carbocycles. The molecule has 0 aliphatic carbocycles. The number of methoxy groups -OCH3 is 1. The zero-order valence-electron chi connectivity index (χ0n) is 19.0. The number of urea groups is 1. The van der Waals surface area contributed by atoms with Crippen LogP contribution in [-0.2, 0) is 4.74 Å². The van der Waals surface area contributed by atoms with E-state index in [0.717, 1.165) is 27.3 Å². The van der Waals surface area contributed by atoms with Gasteiger partial charge in [0.2, 0.25) is 5.82 Å². The van der Waals surface area contributed by atoms with Crippen LogP contribution in [0.1, 0.15) is 24.4 Å². The molecule has 2 amide bonds. The highest BCUT2D eigenvalue weighted by Gasteiger charge is 2.35. The second kappa shape index (κ2) is 10.5. The fourth-order valence-electron chi connectivity index (χ4n) is 3.75. The first-order valence-electron chi connectivity index (χ1n) is 10.5. The van der Waals surface area contributed by atoms with E-state index in [1.54, 1.807) is 35.5 Å². The summed E-state index contributed by atoms with van der Waals surface area (Å²) in [5, 5.41) is 7.34. The van der Waals surface area contributed by atoms with E-state index in [4.69, 9.17) is 14.2 Å². The highest BCUT2D eigenvalue weighted by molar-refractivity contribution is 7.98. The van der Waals surface area contributed by atoms with E-state index in [1.807, 2.05) is 68.0 Å². The number of amides is 2. The quantitative estimate of drug-likeness (QED) is 0.435. The summed E-state index contributed by atoms with van der Waals surface area (Å²) in [6.07, 6.45) is 4.07. The van der Waals surface area contributed by atoms with Gasteiger partial charge in [0.05, 0.1) is 24.8 Å². The lowest BCUT2D eigenvalue weighted by Crippen LogP contribution is -2.47. The third-order valence-electron chi connectivity index (χ3n) is 5.57. The average Bonchev–Trinajstić information content (AvgIpc) is 3.33. The molecule has 0 bridgehead atoms. The van der Waals surface area contributed by atoms with Gasteiger partial charge in [-0.05, 0) is 61.4 Å². The first kappa shape index (κ1) is 23.4. The van der Waals surface area contributed by atoms with Gasteiger partial charge in [0.25, 0.3) is 5.89 Å². The van der Waals surface area contributed by atoms with Gasteiger partial charge in [-0.3, -0.25) is 4.90 Å². The lowest BCUT2D eigenvalue weighted by molar-refractivity contribution is 0.158. The third-order valence-corrected chi connectivity index (χ3v) is 7.06. The van der Waals surface area contributed by atoms with Crippen LogP contribution in [0.15, 0.2) is 68.5 Å². The van der Waals surface area contributed by atoms with Crippen molar-refractivity contribution in [2.45, 2.75) is 22.8 Å². The van der Waals surface area contributed by atoms with Gasteiger partial charge < -0.3 is 14.6 Å². The Bertz CT molecular complexity index is 1140. The number of rotatable bonds is 8. The van der Waals surface area contributed by atoms with Gasteiger partial charge >= 0.3 is 6.03 Å². The molecule has 0 spiro atoms. The second-order valence-electron chi connectivity index (χ2n) is 7.45. The van der Waals surface area contributed by atoms with Gasteiger partial charge in [-0.25, -0.2) is 4.79 Å². The van der Waals surface area contributed by atoms with Gasteiger partial charge in [0.15, 0.2) is 0 Å². The fraction of sp³-hybridized carbons (Fsp3) is 0.292. The predicted octanol–water partition coefficient (Wildman–Crippen LogP) is 5.32. The van der Waals surface area contributed by atoms with Crippen LogP contribution in [0.25, 0.3) is 17.0 Å². The molecular weight excluding hydrogens is 456 g/mol. The van der Waals surface area contributed by atoms with E-state index in [1.165, 1.54) is 4.90 Å². The number of carbonyl (C=O) groups excluding carboxylic acids is 1. The fourth-order valence-corrected chi connectivity index (χ4v) is 4.56. The van der Waals surface area contributed by atoms with Crippen molar-refractivity contribution in [2.75, 3.05) is 32.8 Å². The number of allylic oxidation sites excluding steroid dienone is 1. The summed E-state index contributed by atoms with van der Waals surface area (Å²) in [6.45, 7) is 2.75. The Morgan fingerprint density at radius 2 is 1.70 bits per heavy atom. The largest absolute Gasteiger partial charge is 0.383 e. The summed E-state index contributed by atoms with van der Waals surface area (Å²) in [5.41, 5.74) is 3.37. The topological polar surface area (TPSA) is 80.5 Å². The van der Waals surface area contributed by atoms with Gasteiger partial charge in [0, 0.05) is 28.2 Å². The smallest absolute Gasteiger partial charge is 0.322 e. The zero-order chi connectivity index (χ0) is 23.4. The van der Waals surface area contributed by atoms with E-state index in [9.17, 15) is 4.79 Å². The summed E-state index contributed by atoms with van der Waals surface area (Å²) in [4.78, 5) is 21.6. The normalized spacial score (nSPS) is 16.3. The number of thioether (sulfide) groups is 2. The molecule has 0 saturated heterocycles. The summed E-state index contributed by atoms with van der Waals surface area (Å²) in [6, 6.07) is 15.6. The molecular formula is C24H26N4O3S2. The van der Waals surface area contributed by atoms with Crippen LogP contribution in [-0.4, -0.2) is 53.8 Å². The van der Waals surface area contributed by atoms with E-state index >= 15 is 0 Å². The molecule has 4 rings (SSSR count). The minimum Gasteiger partial charge on any atom is -0.383 e. The molecule has 1 atom stereocenters. The molecule has 2 heterocycles. The number of hydrogen-bond acceptors (Lipinski definition) is 7. The number of benzene rings is 2. The third kappa shape index (κ3) is 4.95. The first-order valence-corrected chi connectivity index (χ1v) is 12.9. The number of aromatic nitrogens is 2. The van der Waals surface area contributed by atoms with Gasteiger partial charge in [0.1, 0.15) is 0 Å². The lowest BCUT2D eigenvalue weighted by atomic mass is 9.94. The average molecular weight is 483 g/mol. The minimum atomic E-state index is -0.403. The molecule has 1 aromatic heterocycles. The zero-order valence-corrected chi connectivity index (χ0v) is 20.6. The SMILES string of the molecule is COCCN1C(=O)NC(c2ccc(SC)cc2)C(c2nc(-c3ccc(SC)cc3)no2)=C1C. The van der Waals surface area contributed by atoms with Gasteiger partial charge in [-0.1, -0.05) is 17.3 Å². The highest BCUT2D eigenvalue weighted by atomic mass is 32.2. The molecule has 7 nitrogen and oxygen atoms in total. The van der Waals surface area contributed by atoms with Crippen molar-refractivity contribution in [1.29, 1.82) is 0 Å². The van der Waals surface area contributed by atoms with Crippen LogP contribution in [0.4, 0.5) is 4.79 Å². The van der Waals surface area contributed by atoms with Gasteiger partial charge in [-0.2, -0.15) is 4.98 Å². The molecule has 1 aliphatic heterocycles. The monoisotopic (exact) mass is 482 g/mol. The van der Waals surface area contributed by atoms with Gasteiger partial charge in [-0.15, -0.1) is 23.5 Å². The van der Waals surface area contributed by atoms with Crippen LogP contribution >= 0.6 is 23.5 Å². The number of ether oxygens (including phenoxy) is 1. The van der Waals surface area contributed by atoms with Crippen LogP contribution in [0.3, 0.4) is 0 Å². The van der Waals surface area contributed by atoms with Crippen LogP contribution in [0.5, 0.6) is 0 Å². The molecule has 2 aromatic carbocycles. The predicted molar refractivity (Wildman–Crippen MR) is 132 cm³/mol. The first-order chi connectivity index (χ1) is 16.0. The molecule has 1 unspecified atom stereocenters. The van der Waals surface area contributed by atoms with Crippen molar-refractivity contribution in [3.05, 3.63) is 65.7 Å². The molecule has 3 aromatic rings. The molecule has 0 radical (unpaired) electrons. The van der Waals surface area contributed by atoms with Crippen LogP contribution in [0, 0.1) is 0 Å². The molecule has 33 heavy (non-hydrogen) atoms. The number of nitrogens with one attached hydrogen (secondary N) is 1. The van der Waals surface area contributed by atoms with E-state index in [-0.39, 0.29) is 6.03 Å². The molecule has 9 heteroatoms. The van der Waals surface area contributed by atoms with Crippen molar-refractivity contribution >= 4 is 35.1 Å². The summed E-state index contributed by atoms with van der Waals surface area (Å²) < 4.78 is 10.9. The maximum atomic E-state index is 12.9. The highest BCUT2D eigenvalue weighted by Crippen LogP contribution is 2.37. The van der Waals surface area contributed by atoms with Crippen molar-refractivity contribution < 1.29 is 14.1 Å². The van der Waals surface area contributed by atoms with Crippen molar-refractivity contribution in [3.8, 4) is 11.4 Å². The summed E-state index contributed by atoms with van der Waals surface area (Å²) in [7, 11) is 1.62. The number of hydrogen-bond donors (Lipinski definition) is 1. The summed E-state index contributed by atoms with van der Waals surface area (Å²) >= 11 is 3.35. The number of carbonyl (C=O) groups is 1. The second-order valence-corrected chi connectivity index (χ2v) is 9.21. The molecule has 1 aliphatic rings. The van der Waals surface area contributed by atoms with Crippen molar-refractivity contribution in [2.24, 2.45) is 0 Å². The number of nitrogens with zero attached hydrogens (tertiary/aromatic N) is 3. The Labute approximate surface area is 202 Å². The Morgan fingerprint density at radius 1 is 1.06 bits per heavy atom. The van der Waals surface area contributed by atoms with Crippen molar-refractivity contribution in [1.82, 2.24) is 20.4 Å². The minimum absolute atomic E-state index is 0.181. The standard InChI is InChI=1S/C24H26N4O3S2/c1-15-20(23-26-22(27-31-23)17-7-11-19(33-4)12-8-17)21(16-5-9-18(32-3)10-6-16)25-24(29)28(15)13-14-30-2/h5-12,21H,13-14H2,1-4H3,(H,25,29).